The number of hydrogen-bond acceptors (Lipinski definition) is 0. The predicted molar refractivity (Wildman–Crippen MR) is 179 cm³/mol. The van der Waals surface area contributed by atoms with Gasteiger partial charge in [0.25, 0.3) is 0 Å². The van der Waals surface area contributed by atoms with E-state index in [0.29, 0.717) is 0 Å². The molecule has 0 heterocycles. The van der Waals surface area contributed by atoms with Crippen molar-refractivity contribution in [3.63, 3.8) is 0 Å². The van der Waals surface area contributed by atoms with Gasteiger partial charge in [-0.1, -0.05) is 170 Å². The Kier molecular flexibility index (Phi) is 5.58. The maximum atomic E-state index is 2.48. The summed E-state index contributed by atoms with van der Waals surface area (Å²) in [7, 11) is -2.60. The highest BCUT2D eigenvalue weighted by Gasteiger charge is 2.41. The van der Waals surface area contributed by atoms with E-state index >= 15 is 0 Å². The SMILES string of the molecule is c1ccc([Si](c2ccccc2)(c2ccccc2)c2cccc(-c3ccc4ccc5cccc6ccc3c4c56)c2)cc1. The predicted octanol–water partition coefficient (Wildman–Crippen LogP) is 7.63. The Morgan fingerprint density at radius 1 is 0.317 bits per heavy atom. The van der Waals surface area contributed by atoms with Crippen LogP contribution >= 0.6 is 0 Å². The monoisotopic (exact) mass is 536 g/mol. The molecule has 0 N–H and O–H groups in total. The summed E-state index contributed by atoms with van der Waals surface area (Å²) in [5.41, 5.74) is 2.55. The second kappa shape index (κ2) is 9.59. The van der Waals surface area contributed by atoms with Gasteiger partial charge in [-0.15, -0.1) is 0 Å². The van der Waals surface area contributed by atoms with Gasteiger partial charge in [-0.25, -0.2) is 0 Å². The lowest BCUT2D eigenvalue weighted by Gasteiger charge is -2.34. The van der Waals surface area contributed by atoms with Crippen molar-refractivity contribution in [3.05, 3.63) is 170 Å². The van der Waals surface area contributed by atoms with Gasteiger partial charge in [0.2, 0.25) is 0 Å². The summed E-state index contributed by atoms with van der Waals surface area (Å²) in [4.78, 5) is 0. The average Bonchev–Trinajstić information content (AvgIpc) is 3.06. The smallest absolute Gasteiger partial charge is 0.0623 e. The first kappa shape index (κ1) is 23.9. The fourth-order valence-electron chi connectivity index (χ4n) is 6.97. The van der Waals surface area contributed by atoms with Crippen molar-refractivity contribution in [1.82, 2.24) is 0 Å². The summed E-state index contributed by atoms with van der Waals surface area (Å²) < 4.78 is 0. The Balaban J connectivity index is 1.43. The van der Waals surface area contributed by atoms with Crippen LogP contribution < -0.4 is 20.7 Å². The summed E-state index contributed by atoms with van der Waals surface area (Å²) in [5.74, 6) is 0. The molecule has 0 saturated carbocycles. The van der Waals surface area contributed by atoms with Crippen LogP contribution in [0.2, 0.25) is 0 Å². The largest absolute Gasteiger partial charge is 0.179 e. The van der Waals surface area contributed by atoms with E-state index in [4.69, 9.17) is 0 Å². The maximum Gasteiger partial charge on any atom is 0.179 e. The number of hydrogen-bond donors (Lipinski definition) is 0. The highest BCUT2D eigenvalue weighted by Crippen LogP contribution is 2.39. The molecule has 0 fully saturated rings. The van der Waals surface area contributed by atoms with Crippen LogP contribution in [-0.2, 0) is 0 Å². The summed E-state index contributed by atoms with van der Waals surface area (Å²) in [6.07, 6.45) is 0. The molecule has 0 radical (unpaired) electrons. The van der Waals surface area contributed by atoms with Gasteiger partial charge in [0.05, 0.1) is 0 Å². The van der Waals surface area contributed by atoms with Crippen molar-refractivity contribution in [2.24, 2.45) is 0 Å². The van der Waals surface area contributed by atoms with Crippen molar-refractivity contribution in [3.8, 4) is 11.1 Å². The van der Waals surface area contributed by atoms with Crippen molar-refractivity contribution >= 4 is 61.1 Å². The zero-order valence-electron chi connectivity index (χ0n) is 22.7. The molecule has 0 aromatic heterocycles. The second-order valence-electron chi connectivity index (χ2n) is 10.9. The molecular formula is C40H28Si. The molecule has 41 heavy (non-hydrogen) atoms. The van der Waals surface area contributed by atoms with Gasteiger partial charge >= 0.3 is 0 Å². The molecule has 0 bridgehead atoms. The average molecular weight is 537 g/mol. The van der Waals surface area contributed by atoms with Gasteiger partial charge in [-0.05, 0) is 64.2 Å². The molecule has 0 amide bonds. The zero-order chi connectivity index (χ0) is 27.2. The normalized spacial score (nSPS) is 11.9. The first-order chi connectivity index (χ1) is 20.3. The van der Waals surface area contributed by atoms with Gasteiger partial charge in [0.15, 0.2) is 8.07 Å². The molecule has 0 aliphatic carbocycles. The summed E-state index contributed by atoms with van der Waals surface area (Å²) in [6.45, 7) is 0. The van der Waals surface area contributed by atoms with E-state index in [1.54, 1.807) is 0 Å². The fourth-order valence-corrected chi connectivity index (χ4v) is 11.8. The van der Waals surface area contributed by atoms with Crippen LogP contribution in [0.3, 0.4) is 0 Å². The van der Waals surface area contributed by atoms with Crippen LogP contribution in [0.5, 0.6) is 0 Å². The molecule has 0 aliphatic rings. The van der Waals surface area contributed by atoms with Crippen LogP contribution in [0.4, 0.5) is 0 Å². The van der Waals surface area contributed by atoms with Gasteiger partial charge in [0.1, 0.15) is 0 Å². The van der Waals surface area contributed by atoms with Crippen molar-refractivity contribution in [2.45, 2.75) is 0 Å². The third-order valence-corrected chi connectivity index (χ3v) is 13.5. The molecule has 192 valence electrons. The molecule has 0 aliphatic heterocycles. The first-order valence-electron chi connectivity index (χ1n) is 14.3. The molecule has 0 nitrogen and oxygen atoms in total. The van der Waals surface area contributed by atoms with Crippen molar-refractivity contribution in [2.75, 3.05) is 0 Å². The van der Waals surface area contributed by atoms with E-state index < -0.39 is 8.07 Å². The zero-order valence-corrected chi connectivity index (χ0v) is 23.7. The minimum Gasteiger partial charge on any atom is -0.0623 e. The van der Waals surface area contributed by atoms with Crippen LogP contribution in [0, 0.1) is 0 Å². The number of benzene rings is 8. The molecule has 0 unspecified atom stereocenters. The molecule has 1 heteroatoms. The van der Waals surface area contributed by atoms with Crippen LogP contribution in [-0.4, -0.2) is 8.07 Å². The minimum absolute atomic E-state index is 1.26. The molecule has 0 spiro atoms. The Bertz CT molecular complexity index is 2020. The fraction of sp³-hybridized carbons (Fsp3) is 0. The lowest BCUT2D eigenvalue weighted by molar-refractivity contribution is 1.65. The lowest BCUT2D eigenvalue weighted by atomic mass is 9.90. The third kappa shape index (κ3) is 3.67. The molecular weight excluding hydrogens is 509 g/mol. The van der Waals surface area contributed by atoms with E-state index in [1.165, 1.54) is 64.2 Å². The topological polar surface area (TPSA) is 0 Å². The summed E-state index contributed by atoms with van der Waals surface area (Å²) in [6, 6.07) is 63.2. The quantitative estimate of drug-likeness (QED) is 0.121. The molecule has 0 saturated heterocycles. The van der Waals surface area contributed by atoms with E-state index in [2.05, 4.69) is 170 Å². The minimum atomic E-state index is -2.60. The summed E-state index contributed by atoms with van der Waals surface area (Å²) >= 11 is 0. The molecule has 0 atom stereocenters. The third-order valence-electron chi connectivity index (χ3n) is 8.76. The molecule has 8 aromatic carbocycles. The Hall–Kier alpha value is -4.98. The van der Waals surface area contributed by atoms with Gasteiger partial charge in [0, 0.05) is 0 Å². The Labute approximate surface area is 241 Å². The van der Waals surface area contributed by atoms with E-state index in [-0.39, 0.29) is 0 Å². The van der Waals surface area contributed by atoms with Crippen molar-refractivity contribution < 1.29 is 0 Å². The second-order valence-corrected chi connectivity index (χ2v) is 14.7. The van der Waals surface area contributed by atoms with Crippen LogP contribution in [0.25, 0.3) is 43.4 Å². The van der Waals surface area contributed by atoms with Crippen LogP contribution in [0.15, 0.2) is 170 Å². The van der Waals surface area contributed by atoms with Crippen LogP contribution in [0.1, 0.15) is 0 Å². The van der Waals surface area contributed by atoms with E-state index in [0.717, 1.165) is 0 Å². The standard InChI is InChI=1S/C40H28Si/c1-4-15-33(16-5-1)41(34-17-6-2-7-18-34,35-19-8-3-9-20-35)36-21-11-14-32(28-36)37-26-24-31-23-22-29-12-10-13-30-25-27-38(37)40(31)39(29)30/h1-28H. The summed E-state index contributed by atoms with van der Waals surface area (Å²) in [5, 5.41) is 13.5. The van der Waals surface area contributed by atoms with E-state index in [1.807, 2.05) is 0 Å². The van der Waals surface area contributed by atoms with Gasteiger partial charge < -0.3 is 0 Å². The van der Waals surface area contributed by atoms with Gasteiger partial charge in [-0.3, -0.25) is 0 Å². The van der Waals surface area contributed by atoms with Crippen molar-refractivity contribution in [1.29, 1.82) is 0 Å². The molecule has 8 aromatic rings. The van der Waals surface area contributed by atoms with Gasteiger partial charge in [-0.2, -0.15) is 0 Å². The Morgan fingerprint density at radius 2 is 0.780 bits per heavy atom. The Morgan fingerprint density at radius 3 is 1.37 bits per heavy atom. The van der Waals surface area contributed by atoms with E-state index in [9.17, 15) is 0 Å². The maximum absolute atomic E-state index is 2.60. The lowest BCUT2D eigenvalue weighted by Crippen LogP contribution is -2.74. The first-order valence-corrected chi connectivity index (χ1v) is 16.3. The highest BCUT2D eigenvalue weighted by molar-refractivity contribution is 7.19. The highest BCUT2D eigenvalue weighted by atomic mass is 28.3. The number of rotatable bonds is 5. The molecule has 8 rings (SSSR count).